The van der Waals surface area contributed by atoms with E-state index in [0.29, 0.717) is 25.6 Å². The highest BCUT2D eigenvalue weighted by Crippen LogP contribution is 2.49. The SMILES string of the molecule is CC(C)(C)CC(C)(C)C1CC(=O)N(C2CC(C)(C)N3CC(COC4CC(C)(C)N(OC5CCCCC5)C(C)(C)C4)OC3(C)C2)C1=O. The highest BCUT2D eigenvalue weighted by molar-refractivity contribution is 6.04. The second-order valence-electron chi connectivity index (χ2n) is 19.6. The van der Waals surface area contributed by atoms with Crippen molar-refractivity contribution in [2.24, 2.45) is 16.7 Å². The maximum atomic E-state index is 14.0. The average molecular weight is 646 g/mol. The zero-order valence-corrected chi connectivity index (χ0v) is 31.5. The van der Waals surface area contributed by atoms with Gasteiger partial charge in [-0.2, -0.15) is 5.06 Å². The predicted octanol–water partition coefficient (Wildman–Crippen LogP) is 7.48. The Labute approximate surface area is 280 Å². The summed E-state index contributed by atoms with van der Waals surface area (Å²) < 4.78 is 13.5. The van der Waals surface area contributed by atoms with Gasteiger partial charge in [0.15, 0.2) is 0 Å². The molecule has 0 radical (unpaired) electrons. The third-order valence-electron chi connectivity index (χ3n) is 11.8. The van der Waals surface area contributed by atoms with E-state index in [9.17, 15) is 9.59 Å². The number of carbonyl (C=O) groups is 2. The van der Waals surface area contributed by atoms with Gasteiger partial charge in [0.05, 0.1) is 30.8 Å². The molecule has 46 heavy (non-hydrogen) atoms. The van der Waals surface area contributed by atoms with Crippen LogP contribution in [0.3, 0.4) is 0 Å². The number of ether oxygens (including phenoxy) is 2. The summed E-state index contributed by atoms with van der Waals surface area (Å²) in [4.78, 5) is 38.3. The van der Waals surface area contributed by atoms with E-state index in [-0.39, 0.29) is 63.4 Å². The summed E-state index contributed by atoms with van der Waals surface area (Å²) in [6, 6.07) is -0.165. The number of carbonyl (C=O) groups excluding carboxylic acids is 2. The van der Waals surface area contributed by atoms with E-state index in [1.54, 1.807) is 4.90 Å². The van der Waals surface area contributed by atoms with Gasteiger partial charge < -0.3 is 9.47 Å². The molecule has 0 aromatic carbocycles. The Morgan fingerprint density at radius 3 is 2.00 bits per heavy atom. The lowest BCUT2D eigenvalue weighted by atomic mass is 9.68. The normalized spacial score (nSPS) is 34.8. The van der Waals surface area contributed by atoms with Gasteiger partial charge in [-0.1, -0.05) is 53.9 Å². The minimum Gasteiger partial charge on any atom is -0.375 e. The van der Waals surface area contributed by atoms with Crippen molar-refractivity contribution in [3.63, 3.8) is 0 Å². The Morgan fingerprint density at radius 2 is 1.41 bits per heavy atom. The van der Waals surface area contributed by atoms with Gasteiger partial charge in [0.25, 0.3) is 0 Å². The van der Waals surface area contributed by atoms with E-state index in [0.717, 1.165) is 45.1 Å². The number of hydrogen-bond donors (Lipinski definition) is 0. The Morgan fingerprint density at radius 1 is 0.804 bits per heavy atom. The molecular weight excluding hydrogens is 578 g/mol. The van der Waals surface area contributed by atoms with Crippen LogP contribution in [-0.4, -0.2) is 86.5 Å². The first-order valence-corrected chi connectivity index (χ1v) is 18.4. The van der Waals surface area contributed by atoms with E-state index in [4.69, 9.17) is 14.3 Å². The van der Waals surface area contributed by atoms with Gasteiger partial charge in [-0.25, -0.2) is 0 Å². The molecule has 4 atom stereocenters. The first kappa shape index (κ1) is 36.2. The average Bonchev–Trinajstić information content (AvgIpc) is 3.40. The van der Waals surface area contributed by atoms with Crippen LogP contribution in [0.5, 0.6) is 0 Å². The summed E-state index contributed by atoms with van der Waals surface area (Å²) in [6.45, 7) is 28.1. The third-order valence-corrected chi connectivity index (χ3v) is 11.8. The summed E-state index contributed by atoms with van der Waals surface area (Å²) in [5.41, 5.74) is -1.21. The lowest BCUT2D eigenvalue weighted by Crippen LogP contribution is -2.63. The molecule has 1 saturated carbocycles. The number of fused-ring (bicyclic) bond motifs is 1. The van der Waals surface area contributed by atoms with Crippen LogP contribution in [-0.2, 0) is 23.9 Å². The van der Waals surface area contributed by atoms with Crippen molar-refractivity contribution in [1.29, 1.82) is 0 Å². The summed E-state index contributed by atoms with van der Waals surface area (Å²) in [5, 5.41) is 2.29. The molecule has 0 bridgehead atoms. The second-order valence-corrected chi connectivity index (χ2v) is 19.6. The Bertz CT molecular complexity index is 1120. The summed E-state index contributed by atoms with van der Waals surface area (Å²) in [5.74, 6) is -0.275. The number of rotatable bonds is 8. The van der Waals surface area contributed by atoms with Gasteiger partial charge >= 0.3 is 0 Å². The van der Waals surface area contributed by atoms with Crippen molar-refractivity contribution >= 4 is 11.8 Å². The Balaban J connectivity index is 1.22. The predicted molar refractivity (Wildman–Crippen MR) is 182 cm³/mol. The highest BCUT2D eigenvalue weighted by Gasteiger charge is 2.59. The molecule has 4 unspecified atom stereocenters. The molecule has 8 nitrogen and oxygen atoms in total. The van der Waals surface area contributed by atoms with Crippen molar-refractivity contribution in [2.75, 3.05) is 13.2 Å². The van der Waals surface area contributed by atoms with E-state index >= 15 is 0 Å². The van der Waals surface area contributed by atoms with E-state index in [1.165, 1.54) is 19.3 Å². The maximum Gasteiger partial charge on any atom is 0.233 e. The third kappa shape index (κ3) is 7.41. The monoisotopic (exact) mass is 646 g/mol. The Hall–Kier alpha value is -1.06. The number of likely N-dealkylation sites (tertiary alicyclic amines) is 1. The molecule has 2 amide bonds. The summed E-state index contributed by atoms with van der Waals surface area (Å²) in [7, 11) is 0. The fourth-order valence-electron chi connectivity index (χ4n) is 10.6. The van der Waals surface area contributed by atoms with Gasteiger partial charge in [0.2, 0.25) is 11.8 Å². The molecule has 0 aromatic heterocycles. The number of amides is 2. The lowest BCUT2D eigenvalue weighted by molar-refractivity contribution is -0.320. The van der Waals surface area contributed by atoms with Crippen molar-refractivity contribution in [1.82, 2.24) is 14.9 Å². The van der Waals surface area contributed by atoms with E-state index in [1.807, 2.05) is 0 Å². The molecule has 5 fully saturated rings. The topological polar surface area (TPSA) is 71.6 Å². The van der Waals surface area contributed by atoms with Crippen LogP contribution in [0.2, 0.25) is 0 Å². The number of piperidine rings is 2. The molecule has 4 aliphatic heterocycles. The molecule has 0 N–H and O–H groups in total. The molecule has 8 heteroatoms. The standard InChI is InChI=1S/C38H67N3O5/c1-33(2,3)25-34(4,5)30-18-31(42)40(32(30)43)26-19-35(6,7)39-23-29(45-38(39,12)20-26)24-44-28-21-36(8,9)41(37(10,11)22-28)46-27-16-14-13-15-17-27/h26-30H,13-25H2,1-12H3. The molecule has 4 saturated heterocycles. The molecule has 5 rings (SSSR count). The molecule has 4 heterocycles. The van der Waals surface area contributed by atoms with Crippen molar-refractivity contribution in [2.45, 2.75) is 200 Å². The molecule has 5 aliphatic rings. The van der Waals surface area contributed by atoms with Crippen LogP contribution >= 0.6 is 0 Å². The molecule has 0 aromatic rings. The minimum absolute atomic E-state index is 0.0130. The molecular formula is C38H67N3O5. The molecule has 1 aliphatic carbocycles. The van der Waals surface area contributed by atoms with Gasteiger partial charge in [0.1, 0.15) is 5.72 Å². The van der Waals surface area contributed by atoms with Crippen LogP contribution in [0, 0.1) is 16.7 Å². The van der Waals surface area contributed by atoms with Crippen molar-refractivity contribution in [3.05, 3.63) is 0 Å². The van der Waals surface area contributed by atoms with Crippen LogP contribution in [0.15, 0.2) is 0 Å². The maximum absolute atomic E-state index is 14.0. The number of hydrogen-bond acceptors (Lipinski definition) is 7. The smallest absolute Gasteiger partial charge is 0.233 e. The summed E-state index contributed by atoms with van der Waals surface area (Å²) >= 11 is 0. The molecule has 0 spiro atoms. The zero-order valence-electron chi connectivity index (χ0n) is 31.5. The largest absolute Gasteiger partial charge is 0.375 e. The fraction of sp³-hybridized carbons (Fsp3) is 0.947. The van der Waals surface area contributed by atoms with E-state index in [2.05, 4.69) is 93.0 Å². The van der Waals surface area contributed by atoms with Gasteiger partial charge in [-0.3, -0.25) is 24.2 Å². The highest BCUT2D eigenvalue weighted by atomic mass is 16.7. The van der Waals surface area contributed by atoms with Gasteiger partial charge in [-0.05, 0) is 97.8 Å². The van der Waals surface area contributed by atoms with Crippen LogP contribution in [0.25, 0.3) is 0 Å². The van der Waals surface area contributed by atoms with Gasteiger partial charge in [-0.15, -0.1) is 0 Å². The zero-order chi connectivity index (χ0) is 34.1. The van der Waals surface area contributed by atoms with Crippen molar-refractivity contribution < 1.29 is 23.9 Å². The number of hydroxylamine groups is 2. The fourth-order valence-corrected chi connectivity index (χ4v) is 10.6. The first-order chi connectivity index (χ1) is 21.0. The lowest BCUT2D eigenvalue weighted by Gasteiger charge is -2.54. The van der Waals surface area contributed by atoms with Crippen LogP contribution in [0.4, 0.5) is 0 Å². The second kappa shape index (κ2) is 12.4. The number of nitrogens with zero attached hydrogens (tertiary/aromatic N) is 3. The van der Waals surface area contributed by atoms with Crippen molar-refractivity contribution in [3.8, 4) is 0 Å². The van der Waals surface area contributed by atoms with E-state index < -0.39 is 5.72 Å². The van der Waals surface area contributed by atoms with Crippen LogP contribution < -0.4 is 0 Å². The van der Waals surface area contributed by atoms with Gasteiger partial charge in [0, 0.05) is 42.0 Å². The summed E-state index contributed by atoms with van der Waals surface area (Å²) in [6.07, 6.45) is 11.0. The Kier molecular flexibility index (Phi) is 9.74. The minimum atomic E-state index is -0.560. The quantitative estimate of drug-likeness (QED) is 0.254. The molecule has 264 valence electrons. The first-order valence-electron chi connectivity index (χ1n) is 18.4. The number of imide groups is 1. The van der Waals surface area contributed by atoms with Crippen LogP contribution in [0.1, 0.15) is 154 Å².